The minimum absolute atomic E-state index is 0.590. The van der Waals surface area contributed by atoms with Crippen LogP contribution in [0.15, 0.2) is 18.2 Å². The monoisotopic (exact) mass is 219 g/mol. The minimum atomic E-state index is 0.590. The standard InChI is InChI=1S/C13H17NO2/c1-15-12-4-2-3-10-11-7-14-6-5-9(11)8-16-13(10)12/h2-4,9,11,14H,5-8H2,1H3/t9-,11-/m0/s1. The van der Waals surface area contributed by atoms with Gasteiger partial charge in [-0.1, -0.05) is 12.1 Å². The average Bonchev–Trinajstić information content (AvgIpc) is 2.37. The first-order valence-corrected chi connectivity index (χ1v) is 5.90. The lowest BCUT2D eigenvalue weighted by molar-refractivity contribution is 0.159. The highest BCUT2D eigenvalue weighted by Crippen LogP contribution is 2.44. The molecule has 0 spiro atoms. The molecular formula is C13H17NO2. The molecule has 0 radical (unpaired) electrons. The van der Waals surface area contributed by atoms with E-state index in [4.69, 9.17) is 9.47 Å². The maximum atomic E-state index is 5.86. The Bertz CT molecular complexity index is 392. The first-order chi connectivity index (χ1) is 7.90. The van der Waals surface area contributed by atoms with Crippen LogP contribution in [0.3, 0.4) is 0 Å². The lowest BCUT2D eigenvalue weighted by Gasteiger charge is -2.37. The van der Waals surface area contributed by atoms with Crippen molar-refractivity contribution in [1.82, 2.24) is 5.32 Å². The number of hydrogen-bond donors (Lipinski definition) is 1. The molecule has 1 saturated heterocycles. The molecule has 0 bridgehead atoms. The van der Waals surface area contributed by atoms with Crippen LogP contribution in [0.1, 0.15) is 17.9 Å². The van der Waals surface area contributed by atoms with Crippen molar-refractivity contribution in [2.45, 2.75) is 12.3 Å². The van der Waals surface area contributed by atoms with Gasteiger partial charge in [0.15, 0.2) is 11.5 Å². The Morgan fingerprint density at radius 3 is 3.25 bits per heavy atom. The smallest absolute Gasteiger partial charge is 0.164 e. The van der Waals surface area contributed by atoms with Gasteiger partial charge in [0, 0.05) is 23.9 Å². The molecule has 1 N–H and O–H groups in total. The summed E-state index contributed by atoms with van der Waals surface area (Å²) in [5.74, 6) is 3.07. The van der Waals surface area contributed by atoms with Crippen molar-refractivity contribution in [3.63, 3.8) is 0 Å². The van der Waals surface area contributed by atoms with Crippen LogP contribution >= 0.6 is 0 Å². The van der Waals surface area contributed by atoms with Crippen LogP contribution in [0.4, 0.5) is 0 Å². The molecule has 2 atom stereocenters. The predicted octanol–water partition coefficient (Wildman–Crippen LogP) is 1.78. The number of methoxy groups -OCH3 is 1. The lowest BCUT2D eigenvalue weighted by atomic mass is 9.80. The molecule has 2 heterocycles. The van der Waals surface area contributed by atoms with Crippen LogP contribution in [-0.4, -0.2) is 26.8 Å². The fourth-order valence-electron chi connectivity index (χ4n) is 2.81. The van der Waals surface area contributed by atoms with Gasteiger partial charge in [-0.3, -0.25) is 0 Å². The molecule has 3 rings (SSSR count). The molecule has 0 unspecified atom stereocenters. The number of fused-ring (bicyclic) bond motifs is 3. The lowest BCUT2D eigenvalue weighted by Crippen LogP contribution is -2.40. The highest BCUT2D eigenvalue weighted by atomic mass is 16.5. The molecule has 0 aromatic heterocycles. The van der Waals surface area contributed by atoms with Gasteiger partial charge in [-0.15, -0.1) is 0 Å². The maximum absolute atomic E-state index is 5.86. The molecule has 1 fully saturated rings. The van der Waals surface area contributed by atoms with E-state index >= 15 is 0 Å². The SMILES string of the molecule is COc1cccc2c1OC[C@@H]1CCNC[C@H]21. The summed E-state index contributed by atoms with van der Waals surface area (Å²) in [7, 11) is 1.70. The Hall–Kier alpha value is -1.22. The minimum Gasteiger partial charge on any atom is -0.493 e. The van der Waals surface area contributed by atoms with E-state index in [9.17, 15) is 0 Å². The third-order valence-corrected chi connectivity index (χ3v) is 3.70. The van der Waals surface area contributed by atoms with Crippen LogP contribution in [-0.2, 0) is 0 Å². The Balaban J connectivity index is 2.01. The van der Waals surface area contributed by atoms with Crippen molar-refractivity contribution in [2.75, 3.05) is 26.8 Å². The second-order valence-electron chi connectivity index (χ2n) is 4.55. The zero-order chi connectivity index (χ0) is 11.0. The number of ether oxygens (including phenoxy) is 2. The van der Waals surface area contributed by atoms with Gasteiger partial charge in [-0.25, -0.2) is 0 Å². The van der Waals surface area contributed by atoms with E-state index in [-0.39, 0.29) is 0 Å². The van der Waals surface area contributed by atoms with E-state index in [1.807, 2.05) is 6.07 Å². The van der Waals surface area contributed by atoms with Gasteiger partial charge < -0.3 is 14.8 Å². The molecule has 1 aromatic rings. The Kier molecular flexibility index (Phi) is 2.48. The molecule has 86 valence electrons. The number of nitrogens with one attached hydrogen (secondary N) is 1. The van der Waals surface area contributed by atoms with Crippen molar-refractivity contribution < 1.29 is 9.47 Å². The summed E-state index contributed by atoms with van der Waals surface area (Å²) in [6.07, 6.45) is 1.21. The summed E-state index contributed by atoms with van der Waals surface area (Å²) in [6.45, 7) is 3.01. The van der Waals surface area contributed by atoms with Crippen molar-refractivity contribution in [2.24, 2.45) is 5.92 Å². The Labute approximate surface area is 95.8 Å². The van der Waals surface area contributed by atoms with Crippen LogP contribution < -0.4 is 14.8 Å². The van der Waals surface area contributed by atoms with E-state index < -0.39 is 0 Å². The van der Waals surface area contributed by atoms with E-state index in [1.54, 1.807) is 7.11 Å². The summed E-state index contributed by atoms with van der Waals surface area (Å²) in [5.41, 5.74) is 1.31. The second kappa shape index (κ2) is 3.98. The quantitative estimate of drug-likeness (QED) is 0.781. The fourth-order valence-corrected chi connectivity index (χ4v) is 2.81. The van der Waals surface area contributed by atoms with E-state index in [1.165, 1.54) is 12.0 Å². The summed E-state index contributed by atoms with van der Waals surface area (Å²) in [4.78, 5) is 0. The third kappa shape index (κ3) is 1.47. The first kappa shape index (κ1) is 9.97. The van der Waals surface area contributed by atoms with Crippen molar-refractivity contribution >= 4 is 0 Å². The van der Waals surface area contributed by atoms with Crippen LogP contribution in [0, 0.1) is 5.92 Å². The largest absolute Gasteiger partial charge is 0.493 e. The van der Waals surface area contributed by atoms with Gasteiger partial charge in [0.05, 0.1) is 13.7 Å². The van der Waals surface area contributed by atoms with E-state index in [2.05, 4.69) is 17.4 Å². The van der Waals surface area contributed by atoms with Crippen molar-refractivity contribution in [1.29, 1.82) is 0 Å². The van der Waals surface area contributed by atoms with Crippen molar-refractivity contribution in [3.8, 4) is 11.5 Å². The average molecular weight is 219 g/mol. The summed E-state index contributed by atoms with van der Waals surface area (Å²) < 4.78 is 11.2. The van der Waals surface area contributed by atoms with Crippen LogP contribution in [0.5, 0.6) is 11.5 Å². The predicted molar refractivity (Wildman–Crippen MR) is 62.2 cm³/mol. The second-order valence-corrected chi connectivity index (χ2v) is 4.55. The molecule has 3 nitrogen and oxygen atoms in total. The van der Waals surface area contributed by atoms with E-state index in [0.717, 1.165) is 31.2 Å². The maximum Gasteiger partial charge on any atom is 0.164 e. The third-order valence-electron chi connectivity index (χ3n) is 3.70. The molecule has 2 aliphatic heterocycles. The van der Waals surface area contributed by atoms with Gasteiger partial charge in [-0.2, -0.15) is 0 Å². The Morgan fingerprint density at radius 2 is 2.38 bits per heavy atom. The first-order valence-electron chi connectivity index (χ1n) is 5.90. The fraction of sp³-hybridized carbons (Fsp3) is 0.538. The molecule has 2 aliphatic rings. The molecule has 0 amide bonds. The molecular weight excluding hydrogens is 202 g/mol. The molecule has 0 aliphatic carbocycles. The summed E-state index contributed by atoms with van der Waals surface area (Å²) >= 11 is 0. The van der Waals surface area contributed by atoms with E-state index in [0.29, 0.717) is 11.8 Å². The van der Waals surface area contributed by atoms with Gasteiger partial charge in [0.2, 0.25) is 0 Å². The molecule has 16 heavy (non-hydrogen) atoms. The molecule has 1 aromatic carbocycles. The van der Waals surface area contributed by atoms with Gasteiger partial charge >= 0.3 is 0 Å². The van der Waals surface area contributed by atoms with Gasteiger partial charge in [-0.05, 0) is 19.0 Å². The van der Waals surface area contributed by atoms with Crippen LogP contribution in [0.2, 0.25) is 0 Å². The van der Waals surface area contributed by atoms with Crippen molar-refractivity contribution in [3.05, 3.63) is 23.8 Å². The summed E-state index contributed by atoms with van der Waals surface area (Å²) in [5, 5.41) is 3.47. The highest BCUT2D eigenvalue weighted by Gasteiger charge is 2.34. The number of rotatable bonds is 1. The highest BCUT2D eigenvalue weighted by molar-refractivity contribution is 5.50. The van der Waals surface area contributed by atoms with Gasteiger partial charge in [0.25, 0.3) is 0 Å². The zero-order valence-electron chi connectivity index (χ0n) is 9.53. The zero-order valence-corrected chi connectivity index (χ0v) is 9.53. The Morgan fingerprint density at radius 1 is 1.44 bits per heavy atom. The number of piperidine rings is 1. The molecule has 0 saturated carbocycles. The van der Waals surface area contributed by atoms with Crippen LogP contribution in [0.25, 0.3) is 0 Å². The summed E-state index contributed by atoms with van der Waals surface area (Å²) in [6, 6.07) is 6.19. The topological polar surface area (TPSA) is 30.5 Å². The molecule has 3 heteroatoms. The normalized spacial score (nSPS) is 27.6. The van der Waals surface area contributed by atoms with Gasteiger partial charge in [0.1, 0.15) is 0 Å². The number of benzene rings is 1. The number of hydrogen-bond acceptors (Lipinski definition) is 3. The number of para-hydroxylation sites is 1.